The van der Waals surface area contributed by atoms with E-state index in [0.29, 0.717) is 29.0 Å². The maximum atomic E-state index is 13.1. The average Bonchev–Trinajstić information content (AvgIpc) is 3.46. The van der Waals surface area contributed by atoms with Crippen LogP contribution in [0.2, 0.25) is 0 Å². The van der Waals surface area contributed by atoms with Gasteiger partial charge in [0.15, 0.2) is 34.6 Å². The van der Waals surface area contributed by atoms with E-state index in [1.54, 1.807) is 30.3 Å². The van der Waals surface area contributed by atoms with Crippen LogP contribution < -0.4 is 23.5 Å². The summed E-state index contributed by atoms with van der Waals surface area (Å²) in [7, 11) is 3.90. The number of likely N-dealkylation sites (N-methyl/N-ethyl adjacent to an activating group) is 1. The first-order valence-electron chi connectivity index (χ1n) is 13.5. The molecule has 1 aromatic carbocycles. The van der Waals surface area contributed by atoms with Crippen LogP contribution in [0.25, 0.3) is 0 Å². The normalized spacial score (nSPS) is 20.9. The van der Waals surface area contributed by atoms with Gasteiger partial charge in [-0.2, -0.15) is 4.98 Å². The SMILES string of the molecule is CC[C@@H]1C(=O)N(C)c2cnc(Nc3ccc(C(=O)NC4CCN(C)CC4)cc3OI)nc2N1C1CCCC1. The third-order valence-electron chi connectivity index (χ3n) is 8.04. The molecule has 1 atom stereocenters. The van der Waals surface area contributed by atoms with Crippen molar-refractivity contribution in [3.05, 3.63) is 30.0 Å². The molecule has 38 heavy (non-hydrogen) atoms. The van der Waals surface area contributed by atoms with Crippen molar-refractivity contribution in [3.8, 4) is 5.75 Å². The smallest absolute Gasteiger partial charge is 0.251 e. The highest BCUT2D eigenvalue weighted by Crippen LogP contribution is 2.40. The third-order valence-corrected chi connectivity index (χ3v) is 8.51. The molecule has 1 saturated heterocycles. The molecule has 204 valence electrons. The van der Waals surface area contributed by atoms with Gasteiger partial charge in [0.1, 0.15) is 11.7 Å². The number of likely N-dealkylation sites (tertiary alicyclic amines) is 1. The van der Waals surface area contributed by atoms with E-state index in [0.717, 1.165) is 56.7 Å². The number of rotatable bonds is 7. The number of carbonyl (C=O) groups excluding carboxylic acids is 2. The first-order valence-corrected chi connectivity index (χ1v) is 14.4. The molecule has 0 radical (unpaired) electrons. The Balaban J connectivity index is 1.38. The van der Waals surface area contributed by atoms with Crippen LogP contribution >= 0.6 is 23.0 Å². The summed E-state index contributed by atoms with van der Waals surface area (Å²) in [4.78, 5) is 41.6. The summed E-state index contributed by atoms with van der Waals surface area (Å²) in [5.41, 5.74) is 1.93. The van der Waals surface area contributed by atoms with Gasteiger partial charge in [-0.3, -0.25) is 9.59 Å². The second kappa shape index (κ2) is 11.6. The first kappa shape index (κ1) is 26.9. The lowest BCUT2D eigenvalue weighted by molar-refractivity contribution is -0.120. The van der Waals surface area contributed by atoms with Gasteiger partial charge in [0.2, 0.25) is 11.9 Å². The Bertz CT molecular complexity index is 1180. The van der Waals surface area contributed by atoms with Crippen LogP contribution in [0.5, 0.6) is 5.75 Å². The van der Waals surface area contributed by atoms with Crippen molar-refractivity contribution < 1.29 is 12.7 Å². The van der Waals surface area contributed by atoms with Gasteiger partial charge in [0.25, 0.3) is 5.91 Å². The highest BCUT2D eigenvalue weighted by Gasteiger charge is 2.41. The number of carbonyl (C=O) groups is 2. The molecule has 3 heterocycles. The number of amides is 2. The lowest BCUT2D eigenvalue weighted by Crippen LogP contribution is -2.55. The van der Waals surface area contributed by atoms with Gasteiger partial charge in [-0.05, 0) is 70.4 Å². The van der Waals surface area contributed by atoms with Gasteiger partial charge >= 0.3 is 0 Å². The fourth-order valence-electron chi connectivity index (χ4n) is 5.82. The summed E-state index contributed by atoms with van der Waals surface area (Å²) in [6, 6.07) is 5.60. The van der Waals surface area contributed by atoms with E-state index in [2.05, 4.69) is 39.4 Å². The van der Waals surface area contributed by atoms with Crippen molar-refractivity contribution in [2.45, 2.75) is 70.0 Å². The Kier molecular flexibility index (Phi) is 8.22. The van der Waals surface area contributed by atoms with E-state index < -0.39 is 0 Å². The lowest BCUT2D eigenvalue weighted by atomic mass is 10.0. The standard InChI is InChI=1S/C27H36IN7O3/c1-4-21-26(37)34(3)22-16-29-27(32-24(22)35(21)19-7-5-6-8-19)31-20-10-9-17(15-23(20)38-28)25(36)30-18-11-13-33(2)14-12-18/h9-10,15-16,18-19,21H,4-8,11-14H2,1-3H3,(H,30,36)(H,29,31,32)/t21-/m1/s1. The van der Waals surface area contributed by atoms with Crippen molar-refractivity contribution in [1.82, 2.24) is 20.2 Å². The Hall–Kier alpha value is -2.67. The van der Waals surface area contributed by atoms with E-state index in [1.165, 1.54) is 12.8 Å². The number of fused-ring (bicyclic) bond motifs is 1. The second-order valence-corrected chi connectivity index (χ2v) is 11.0. The predicted molar refractivity (Wildman–Crippen MR) is 157 cm³/mol. The number of halogens is 1. The molecule has 2 amide bonds. The van der Waals surface area contributed by atoms with Crippen LogP contribution in [-0.4, -0.2) is 72.0 Å². The number of hydrogen-bond acceptors (Lipinski definition) is 8. The number of nitrogens with zero attached hydrogens (tertiary/aromatic N) is 5. The first-order chi connectivity index (χ1) is 18.4. The maximum Gasteiger partial charge on any atom is 0.251 e. The maximum absolute atomic E-state index is 13.1. The highest BCUT2D eigenvalue weighted by molar-refractivity contribution is 14.1. The number of piperidine rings is 1. The zero-order valence-corrected chi connectivity index (χ0v) is 24.4. The Morgan fingerprint density at radius 2 is 1.89 bits per heavy atom. The minimum absolute atomic E-state index is 0.0888. The van der Waals surface area contributed by atoms with Crippen LogP contribution in [0.1, 0.15) is 62.2 Å². The van der Waals surface area contributed by atoms with E-state index in [4.69, 9.17) is 8.05 Å². The van der Waals surface area contributed by atoms with E-state index >= 15 is 0 Å². The molecule has 0 bridgehead atoms. The van der Waals surface area contributed by atoms with Crippen molar-refractivity contribution in [2.24, 2.45) is 0 Å². The number of benzene rings is 1. The van der Waals surface area contributed by atoms with Crippen molar-refractivity contribution in [2.75, 3.05) is 42.3 Å². The fraction of sp³-hybridized carbons (Fsp3) is 0.556. The zero-order chi connectivity index (χ0) is 26.8. The molecule has 2 fully saturated rings. The van der Waals surface area contributed by atoms with Gasteiger partial charge in [0.05, 0.1) is 11.9 Å². The number of hydrogen-bond donors (Lipinski definition) is 2. The molecule has 2 aromatic rings. The van der Waals surface area contributed by atoms with Gasteiger partial charge in [-0.25, -0.2) is 4.98 Å². The average molecular weight is 634 g/mol. The molecule has 0 spiro atoms. The quantitative estimate of drug-likeness (QED) is 0.436. The molecule has 1 aliphatic carbocycles. The second-order valence-electron chi connectivity index (χ2n) is 10.5. The molecular weight excluding hydrogens is 597 g/mol. The van der Waals surface area contributed by atoms with Gasteiger partial charge in [-0.15, -0.1) is 0 Å². The lowest BCUT2D eigenvalue weighted by Gasteiger charge is -2.43. The third kappa shape index (κ3) is 5.40. The van der Waals surface area contributed by atoms with Crippen LogP contribution in [0, 0.1) is 0 Å². The number of aromatic nitrogens is 2. The summed E-state index contributed by atoms with van der Waals surface area (Å²) >= 11 is 1.82. The van der Waals surface area contributed by atoms with Gasteiger partial charge in [0, 0.05) is 24.7 Å². The molecular formula is C27H36IN7O3. The van der Waals surface area contributed by atoms with Crippen LogP contribution in [0.3, 0.4) is 0 Å². The number of anilines is 4. The Morgan fingerprint density at radius 3 is 2.58 bits per heavy atom. The van der Waals surface area contributed by atoms with Crippen LogP contribution in [0.4, 0.5) is 23.1 Å². The molecule has 1 saturated carbocycles. The molecule has 5 rings (SSSR count). The summed E-state index contributed by atoms with van der Waals surface area (Å²) < 4.78 is 5.60. The van der Waals surface area contributed by atoms with Crippen molar-refractivity contribution in [1.29, 1.82) is 0 Å². The highest BCUT2D eigenvalue weighted by atomic mass is 127. The molecule has 2 N–H and O–H groups in total. The Morgan fingerprint density at radius 1 is 1.16 bits per heavy atom. The monoisotopic (exact) mass is 633 g/mol. The predicted octanol–water partition coefficient (Wildman–Crippen LogP) is 4.28. The molecule has 10 nitrogen and oxygen atoms in total. The van der Waals surface area contributed by atoms with E-state index in [1.807, 2.05) is 29.1 Å². The van der Waals surface area contributed by atoms with Gasteiger partial charge < -0.3 is 28.4 Å². The summed E-state index contributed by atoms with van der Waals surface area (Å²) in [6.45, 7) is 4.02. The topological polar surface area (TPSA) is 103 Å². The largest absolute Gasteiger partial charge is 0.425 e. The molecule has 2 aliphatic heterocycles. The molecule has 3 aliphatic rings. The van der Waals surface area contributed by atoms with Crippen molar-refractivity contribution >= 4 is 58.0 Å². The van der Waals surface area contributed by atoms with Crippen LogP contribution in [-0.2, 0) is 4.79 Å². The number of nitrogens with one attached hydrogen (secondary N) is 2. The van der Waals surface area contributed by atoms with Crippen molar-refractivity contribution in [3.63, 3.8) is 0 Å². The molecule has 11 heteroatoms. The molecule has 0 unspecified atom stereocenters. The van der Waals surface area contributed by atoms with Gasteiger partial charge in [-0.1, -0.05) is 19.8 Å². The van der Waals surface area contributed by atoms with Crippen LogP contribution in [0.15, 0.2) is 24.4 Å². The summed E-state index contributed by atoms with van der Waals surface area (Å²) in [6.07, 6.45) is 8.79. The van der Waals surface area contributed by atoms with E-state index in [9.17, 15) is 9.59 Å². The summed E-state index contributed by atoms with van der Waals surface area (Å²) in [5, 5.41) is 6.43. The Labute approximate surface area is 238 Å². The van der Waals surface area contributed by atoms with E-state index in [-0.39, 0.29) is 23.9 Å². The molecule has 1 aromatic heterocycles. The zero-order valence-electron chi connectivity index (χ0n) is 22.2. The fourth-order valence-corrected chi connectivity index (χ4v) is 6.18. The minimum atomic E-state index is -0.228. The minimum Gasteiger partial charge on any atom is -0.425 e. The summed E-state index contributed by atoms with van der Waals surface area (Å²) in [5.74, 6) is 1.72.